The molecule has 0 amide bonds. The fourth-order valence-corrected chi connectivity index (χ4v) is 2.49. The summed E-state index contributed by atoms with van der Waals surface area (Å²) in [4.78, 5) is 12.6. The highest BCUT2D eigenvalue weighted by atomic mass is 35.5. The highest BCUT2D eigenvalue weighted by Crippen LogP contribution is 2.27. The number of benzene rings is 1. The van der Waals surface area contributed by atoms with Gasteiger partial charge in [-0.3, -0.25) is 4.79 Å². The summed E-state index contributed by atoms with van der Waals surface area (Å²) in [6, 6.07) is 6.53. The van der Waals surface area contributed by atoms with Crippen molar-refractivity contribution in [2.75, 3.05) is 0 Å². The zero-order valence-corrected chi connectivity index (χ0v) is 10.9. The number of nitriles is 1. The van der Waals surface area contributed by atoms with Gasteiger partial charge in [0.2, 0.25) is 0 Å². The van der Waals surface area contributed by atoms with Crippen molar-refractivity contribution in [3.05, 3.63) is 56.7 Å². The summed E-state index contributed by atoms with van der Waals surface area (Å²) < 4.78 is 26.9. The van der Waals surface area contributed by atoms with E-state index in [1.807, 2.05) is 0 Å². The lowest BCUT2D eigenvalue weighted by molar-refractivity contribution is 0.0975. The zero-order valence-electron chi connectivity index (χ0n) is 9.36. The molecular formula is C13H6ClF2NOS. The molecule has 0 aliphatic heterocycles. The van der Waals surface area contributed by atoms with Crippen LogP contribution in [0, 0.1) is 23.0 Å². The van der Waals surface area contributed by atoms with Crippen molar-refractivity contribution < 1.29 is 13.6 Å². The largest absolute Gasteiger partial charge is 0.292 e. The van der Waals surface area contributed by atoms with Crippen LogP contribution in [0.25, 0.3) is 0 Å². The lowest BCUT2D eigenvalue weighted by Crippen LogP contribution is -2.12. The van der Waals surface area contributed by atoms with Gasteiger partial charge in [-0.1, -0.05) is 17.7 Å². The number of nitrogens with zero attached hydrogens (tertiary/aromatic N) is 1. The Hall–Kier alpha value is -1.77. The molecule has 0 radical (unpaired) electrons. The molecule has 0 spiro atoms. The van der Waals surface area contributed by atoms with Gasteiger partial charge in [-0.15, -0.1) is 11.3 Å². The van der Waals surface area contributed by atoms with Crippen molar-refractivity contribution in [3.8, 4) is 6.07 Å². The first-order chi connectivity index (χ1) is 9.04. The van der Waals surface area contributed by atoms with Crippen LogP contribution in [0.3, 0.4) is 0 Å². The second-order valence-electron chi connectivity index (χ2n) is 3.69. The minimum Gasteiger partial charge on any atom is -0.292 e. The number of hydrogen-bond acceptors (Lipinski definition) is 3. The number of halogens is 3. The van der Waals surface area contributed by atoms with Crippen molar-refractivity contribution in [2.45, 2.75) is 5.92 Å². The molecule has 1 atom stereocenters. The third kappa shape index (κ3) is 2.65. The lowest BCUT2D eigenvalue weighted by atomic mass is 9.97. The Morgan fingerprint density at radius 2 is 2.11 bits per heavy atom. The molecule has 2 nitrogen and oxygen atoms in total. The van der Waals surface area contributed by atoms with Gasteiger partial charge in [-0.2, -0.15) is 5.26 Å². The standard InChI is InChI=1S/C13H6ClF2NOS/c14-9-5-10(15)7(4-11(9)16)13(18)8(6-17)12-2-1-3-19-12/h1-5,8H. The van der Waals surface area contributed by atoms with Crippen LogP contribution in [0.2, 0.25) is 5.02 Å². The van der Waals surface area contributed by atoms with Crippen LogP contribution in [0.5, 0.6) is 0 Å². The highest BCUT2D eigenvalue weighted by Gasteiger charge is 2.26. The molecule has 0 saturated heterocycles. The van der Waals surface area contributed by atoms with Crippen LogP contribution < -0.4 is 0 Å². The van der Waals surface area contributed by atoms with Gasteiger partial charge >= 0.3 is 0 Å². The molecule has 19 heavy (non-hydrogen) atoms. The average molecular weight is 298 g/mol. The topological polar surface area (TPSA) is 40.9 Å². The summed E-state index contributed by atoms with van der Waals surface area (Å²) in [5, 5.41) is 10.3. The van der Waals surface area contributed by atoms with Crippen LogP contribution in [0.4, 0.5) is 8.78 Å². The van der Waals surface area contributed by atoms with E-state index in [9.17, 15) is 13.6 Å². The number of thiophene rings is 1. The molecule has 0 saturated carbocycles. The van der Waals surface area contributed by atoms with Crippen LogP contribution in [0.1, 0.15) is 21.2 Å². The van der Waals surface area contributed by atoms with E-state index in [-0.39, 0.29) is 0 Å². The highest BCUT2D eigenvalue weighted by molar-refractivity contribution is 7.10. The molecule has 96 valence electrons. The zero-order chi connectivity index (χ0) is 14.0. The number of carbonyl (C=O) groups is 1. The Balaban J connectivity index is 2.45. The minimum atomic E-state index is -1.14. The second kappa shape index (κ2) is 5.47. The molecule has 1 aromatic carbocycles. The van der Waals surface area contributed by atoms with E-state index in [1.54, 1.807) is 23.6 Å². The van der Waals surface area contributed by atoms with E-state index in [1.165, 1.54) is 11.3 Å². The fourth-order valence-electron chi connectivity index (χ4n) is 1.57. The molecule has 6 heteroatoms. The number of Topliss-reactive ketones (excluding diaryl/α,β-unsaturated/α-hetero) is 1. The normalized spacial score (nSPS) is 11.9. The van der Waals surface area contributed by atoms with Gasteiger partial charge in [0.15, 0.2) is 5.78 Å². The van der Waals surface area contributed by atoms with E-state index in [0.717, 1.165) is 12.1 Å². The second-order valence-corrected chi connectivity index (χ2v) is 5.07. The van der Waals surface area contributed by atoms with Crippen LogP contribution >= 0.6 is 22.9 Å². The number of ketones is 1. The summed E-state index contributed by atoms with van der Waals surface area (Å²) >= 11 is 6.62. The summed E-state index contributed by atoms with van der Waals surface area (Å²) in [5.74, 6) is -3.75. The Morgan fingerprint density at radius 1 is 1.37 bits per heavy atom. The molecule has 0 bridgehead atoms. The molecule has 2 rings (SSSR count). The fraction of sp³-hybridized carbons (Fsp3) is 0.0769. The lowest BCUT2D eigenvalue weighted by Gasteiger charge is -2.08. The van der Waals surface area contributed by atoms with Crippen LogP contribution in [0.15, 0.2) is 29.6 Å². The van der Waals surface area contributed by atoms with Crippen molar-refractivity contribution in [1.82, 2.24) is 0 Å². The summed E-state index contributed by atoms with van der Waals surface area (Å²) in [6.07, 6.45) is 0. The molecule has 1 aromatic heterocycles. The summed E-state index contributed by atoms with van der Waals surface area (Å²) in [7, 11) is 0. The van der Waals surface area contributed by atoms with Crippen LogP contribution in [-0.4, -0.2) is 5.78 Å². The molecule has 0 aliphatic rings. The number of rotatable bonds is 3. The average Bonchev–Trinajstić information content (AvgIpc) is 2.88. The Bertz CT molecular complexity index is 664. The van der Waals surface area contributed by atoms with Gasteiger partial charge in [0.1, 0.15) is 17.6 Å². The van der Waals surface area contributed by atoms with Gasteiger partial charge in [0.05, 0.1) is 16.7 Å². The first-order valence-electron chi connectivity index (χ1n) is 5.16. The Labute approximate surface area is 116 Å². The van der Waals surface area contributed by atoms with E-state index < -0.39 is 33.9 Å². The third-order valence-electron chi connectivity index (χ3n) is 2.49. The van der Waals surface area contributed by atoms with Gasteiger partial charge in [0, 0.05) is 4.88 Å². The summed E-state index contributed by atoms with van der Waals surface area (Å²) in [5.41, 5.74) is -0.471. The van der Waals surface area contributed by atoms with Crippen molar-refractivity contribution in [2.24, 2.45) is 0 Å². The summed E-state index contributed by atoms with van der Waals surface area (Å²) in [6.45, 7) is 0. The predicted molar refractivity (Wildman–Crippen MR) is 68.4 cm³/mol. The van der Waals surface area contributed by atoms with Crippen molar-refractivity contribution in [3.63, 3.8) is 0 Å². The Kier molecular flexibility index (Phi) is 3.93. The maximum absolute atomic E-state index is 13.6. The van der Waals surface area contributed by atoms with Gasteiger partial charge in [0.25, 0.3) is 0 Å². The first-order valence-corrected chi connectivity index (χ1v) is 6.42. The van der Waals surface area contributed by atoms with E-state index in [0.29, 0.717) is 4.88 Å². The van der Waals surface area contributed by atoms with E-state index in [4.69, 9.17) is 16.9 Å². The quantitative estimate of drug-likeness (QED) is 0.630. The maximum Gasteiger partial charge on any atom is 0.188 e. The number of hydrogen-bond donors (Lipinski definition) is 0. The molecule has 2 aromatic rings. The molecule has 0 aliphatic carbocycles. The molecule has 0 fully saturated rings. The third-order valence-corrected chi connectivity index (χ3v) is 3.72. The first kappa shape index (κ1) is 13.7. The van der Waals surface area contributed by atoms with Crippen molar-refractivity contribution in [1.29, 1.82) is 5.26 Å². The van der Waals surface area contributed by atoms with Crippen LogP contribution in [-0.2, 0) is 0 Å². The van der Waals surface area contributed by atoms with Gasteiger partial charge < -0.3 is 0 Å². The van der Waals surface area contributed by atoms with Gasteiger partial charge in [-0.25, -0.2) is 8.78 Å². The predicted octanol–water partition coefficient (Wildman–Crippen LogP) is 4.17. The van der Waals surface area contributed by atoms with Crippen molar-refractivity contribution >= 4 is 28.7 Å². The minimum absolute atomic E-state index is 0.404. The Morgan fingerprint density at radius 3 is 2.68 bits per heavy atom. The monoisotopic (exact) mass is 297 g/mol. The molecule has 1 heterocycles. The van der Waals surface area contributed by atoms with E-state index >= 15 is 0 Å². The SMILES string of the molecule is N#CC(C(=O)c1cc(F)c(Cl)cc1F)c1cccs1. The molecule has 1 unspecified atom stereocenters. The molecular weight excluding hydrogens is 292 g/mol. The maximum atomic E-state index is 13.6. The van der Waals surface area contributed by atoms with Gasteiger partial charge in [-0.05, 0) is 23.6 Å². The number of carbonyl (C=O) groups excluding carboxylic acids is 1. The molecule has 0 N–H and O–H groups in total. The van der Waals surface area contributed by atoms with E-state index in [2.05, 4.69) is 0 Å². The smallest absolute Gasteiger partial charge is 0.188 e.